The highest BCUT2D eigenvalue weighted by atomic mass is 19.4. The van der Waals surface area contributed by atoms with E-state index in [1.807, 2.05) is 0 Å². The van der Waals surface area contributed by atoms with Crippen LogP contribution in [0, 0.1) is 5.82 Å². The third-order valence-electron chi connectivity index (χ3n) is 4.94. The molecule has 0 amide bonds. The van der Waals surface area contributed by atoms with Crippen LogP contribution in [0.5, 0.6) is 0 Å². The lowest BCUT2D eigenvalue weighted by molar-refractivity contribution is -0.185. The van der Waals surface area contributed by atoms with Crippen molar-refractivity contribution in [1.29, 1.82) is 0 Å². The first-order valence-corrected chi connectivity index (χ1v) is 9.13. The molecule has 0 aromatic heterocycles. The summed E-state index contributed by atoms with van der Waals surface area (Å²) in [6.07, 6.45) is -13.2. The average Bonchev–Trinajstić information content (AvgIpc) is 2.67. The molecule has 2 aromatic rings. The minimum atomic E-state index is -5.04. The molecule has 3 atom stereocenters. The fourth-order valence-corrected chi connectivity index (χ4v) is 3.44. The van der Waals surface area contributed by atoms with E-state index in [0.717, 1.165) is 12.1 Å². The number of aliphatic hydroxyl groups is 2. The van der Waals surface area contributed by atoms with Gasteiger partial charge in [-0.05, 0) is 41.5 Å². The van der Waals surface area contributed by atoms with E-state index in [0.29, 0.717) is 17.7 Å². The van der Waals surface area contributed by atoms with Gasteiger partial charge in [0, 0.05) is 13.1 Å². The zero-order valence-corrected chi connectivity index (χ0v) is 15.8. The predicted molar refractivity (Wildman–Crippen MR) is 94.1 cm³/mol. The Kier molecular flexibility index (Phi) is 6.61. The second-order valence-electron chi connectivity index (χ2n) is 7.11. The van der Waals surface area contributed by atoms with Crippen molar-refractivity contribution in [3.05, 3.63) is 70.5 Å². The maximum Gasteiger partial charge on any atom is 0.416 e. The number of nitrogens with zero attached hydrogens (tertiary/aromatic N) is 1. The first-order chi connectivity index (χ1) is 14.4. The van der Waals surface area contributed by atoms with E-state index in [1.54, 1.807) is 0 Å². The molecule has 0 radical (unpaired) electrons. The molecular formula is C20H18F7NO3. The fourth-order valence-electron chi connectivity index (χ4n) is 3.44. The molecule has 1 fully saturated rings. The smallest absolute Gasteiger partial charge is 0.387 e. The summed E-state index contributed by atoms with van der Waals surface area (Å²) < 4.78 is 96.9. The van der Waals surface area contributed by atoms with E-state index in [4.69, 9.17) is 4.74 Å². The van der Waals surface area contributed by atoms with Gasteiger partial charge in [-0.1, -0.05) is 12.1 Å². The fraction of sp³-hybridized carbons (Fsp3) is 0.400. The zero-order chi connectivity index (χ0) is 23.0. The van der Waals surface area contributed by atoms with Gasteiger partial charge >= 0.3 is 12.4 Å². The van der Waals surface area contributed by atoms with Crippen LogP contribution in [-0.4, -0.2) is 41.1 Å². The van der Waals surface area contributed by atoms with E-state index in [9.17, 15) is 40.9 Å². The van der Waals surface area contributed by atoms with Gasteiger partial charge in [0.05, 0.1) is 29.9 Å². The van der Waals surface area contributed by atoms with Crippen LogP contribution in [0.3, 0.4) is 0 Å². The molecule has 1 aliphatic heterocycles. The monoisotopic (exact) mass is 453 g/mol. The molecule has 4 nitrogen and oxygen atoms in total. The number of alkyl halides is 6. The van der Waals surface area contributed by atoms with E-state index >= 15 is 0 Å². The zero-order valence-electron chi connectivity index (χ0n) is 15.8. The number of hydrogen-bond donors (Lipinski definition) is 2. The number of β-amino-alcohol motifs (C(OH)–C–C–N with tert-alkyl or cyclic N) is 1. The molecule has 0 saturated carbocycles. The Morgan fingerprint density at radius 3 is 2.03 bits per heavy atom. The highest BCUT2D eigenvalue weighted by Gasteiger charge is 2.38. The van der Waals surface area contributed by atoms with Crippen LogP contribution < -0.4 is 0 Å². The minimum Gasteiger partial charge on any atom is -0.387 e. The lowest BCUT2D eigenvalue weighted by Gasteiger charge is -2.40. The molecule has 1 heterocycles. The number of hydrogen-bond acceptors (Lipinski definition) is 4. The van der Waals surface area contributed by atoms with Crippen molar-refractivity contribution in [2.24, 2.45) is 0 Å². The molecule has 1 aliphatic rings. The SMILES string of the molecule is OC(CN1CCOC(O)C1c1ccc(F)cc1)c1cc(C(F)(F)F)cc(C(F)(F)F)c1. The molecule has 3 unspecified atom stereocenters. The van der Waals surface area contributed by atoms with Crippen LogP contribution in [0.25, 0.3) is 0 Å². The minimum absolute atomic E-state index is 0.0158. The summed E-state index contributed by atoms with van der Waals surface area (Å²) >= 11 is 0. The van der Waals surface area contributed by atoms with Crippen molar-refractivity contribution in [2.75, 3.05) is 19.7 Å². The van der Waals surface area contributed by atoms with Crippen molar-refractivity contribution in [1.82, 2.24) is 4.90 Å². The van der Waals surface area contributed by atoms with Gasteiger partial charge in [-0.25, -0.2) is 4.39 Å². The summed E-state index contributed by atoms with van der Waals surface area (Å²) in [5, 5.41) is 20.7. The normalized spacial score (nSPS) is 21.8. The third kappa shape index (κ3) is 5.53. The number of rotatable bonds is 4. The first-order valence-electron chi connectivity index (χ1n) is 9.13. The highest BCUT2D eigenvalue weighted by Crippen LogP contribution is 2.38. The standard InChI is InChI=1S/C20H18F7NO3/c21-15-3-1-11(2-4-15)17-18(30)31-6-5-28(17)10-16(29)12-7-13(19(22,23)24)9-14(8-12)20(25,26)27/h1-4,7-9,16-18,29-30H,5-6,10H2. The van der Waals surface area contributed by atoms with Gasteiger partial charge in [-0.15, -0.1) is 0 Å². The number of halogens is 7. The Labute approximate surface area is 172 Å². The predicted octanol–water partition coefficient (Wildman–Crippen LogP) is 4.29. The Morgan fingerprint density at radius 2 is 1.52 bits per heavy atom. The summed E-state index contributed by atoms with van der Waals surface area (Å²) in [6.45, 7) is -0.246. The van der Waals surface area contributed by atoms with Crippen molar-refractivity contribution >= 4 is 0 Å². The maximum absolute atomic E-state index is 13.2. The number of ether oxygens (including phenoxy) is 1. The second kappa shape index (κ2) is 8.73. The van der Waals surface area contributed by atoms with E-state index in [2.05, 4.69) is 0 Å². The lowest BCUT2D eigenvalue weighted by atomic mass is 9.98. The Bertz CT molecular complexity index is 867. The van der Waals surface area contributed by atoms with E-state index in [-0.39, 0.29) is 25.8 Å². The summed E-state index contributed by atoms with van der Waals surface area (Å²) in [6, 6.07) is 4.99. The van der Waals surface area contributed by atoms with E-state index < -0.39 is 53.3 Å². The van der Waals surface area contributed by atoms with Crippen LogP contribution >= 0.6 is 0 Å². The van der Waals surface area contributed by atoms with Crippen LogP contribution in [0.2, 0.25) is 0 Å². The summed E-state index contributed by atoms with van der Waals surface area (Å²) in [4.78, 5) is 1.46. The number of morpholine rings is 1. The molecule has 31 heavy (non-hydrogen) atoms. The maximum atomic E-state index is 13.2. The molecule has 0 aliphatic carbocycles. The molecule has 11 heteroatoms. The molecule has 3 rings (SSSR count). The van der Waals surface area contributed by atoms with Gasteiger partial charge < -0.3 is 14.9 Å². The van der Waals surface area contributed by atoms with Crippen LogP contribution in [-0.2, 0) is 17.1 Å². The van der Waals surface area contributed by atoms with Crippen molar-refractivity contribution in [3.8, 4) is 0 Å². The van der Waals surface area contributed by atoms with Gasteiger partial charge in [0.15, 0.2) is 6.29 Å². The third-order valence-corrected chi connectivity index (χ3v) is 4.94. The molecular weight excluding hydrogens is 435 g/mol. The Morgan fingerprint density at radius 1 is 0.968 bits per heavy atom. The first kappa shape index (κ1) is 23.5. The van der Waals surface area contributed by atoms with Crippen molar-refractivity contribution in [2.45, 2.75) is 30.8 Å². The van der Waals surface area contributed by atoms with Crippen LogP contribution in [0.4, 0.5) is 30.7 Å². The van der Waals surface area contributed by atoms with Crippen LogP contribution in [0.1, 0.15) is 34.4 Å². The highest BCUT2D eigenvalue weighted by molar-refractivity contribution is 5.35. The largest absolute Gasteiger partial charge is 0.416 e. The molecule has 0 bridgehead atoms. The number of benzene rings is 2. The van der Waals surface area contributed by atoms with Gasteiger partial charge in [-0.2, -0.15) is 26.3 Å². The average molecular weight is 453 g/mol. The number of aliphatic hydroxyl groups excluding tert-OH is 2. The second-order valence-corrected chi connectivity index (χ2v) is 7.11. The summed E-state index contributed by atoms with van der Waals surface area (Å²) in [5.74, 6) is -0.537. The quantitative estimate of drug-likeness (QED) is 0.679. The van der Waals surface area contributed by atoms with E-state index in [1.165, 1.54) is 17.0 Å². The van der Waals surface area contributed by atoms with Gasteiger partial charge in [-0.3, -0.25) is 4.90 Å². The molecule has 1 saturated heterocycles. The van der Waals surface area contributed by atoms with Gasteiger partial charge in [0.2, 0.25) is 0 Å². The molecule has 2 N–H and O–H groups in total. The van der Waals surface area contributed by atoms with Crippen molar-refractivity contribution in [3.63, 3.8) is 0 Å². The summed E-state index contributed by atoms with van der Waals surface area (Å²) in [5.41, 5.74) is -3.23. The Balaban J connectivity index is 1.91. The molecule has 170 valence electrons. The van der Waals surface area contributed by atoms with Gasteiger partial charge in [0.25, 0.3) is 0 Å². The summed E-state index contributed by atoms with van der Waals surface area (Å²) in [7, 11) is 0. The van der Waals surface area contributed by atoms with Crippen molar-refractivity contribution < 1.29 is 45.7 Å². The van der Waals surface area contributed by atoms with Crippen LogP contribution in [0.15, 0.2) is 42.5 Å². The topological polar surface area (TPSA) is 52.9 Å². The van der Waals surface area contributed by atoms with Gasteiger partial charge in [0.1, 0.15) is 5.82 Å². The molecule has 2 aromatic carbocycles. The lowest BCUT2D eigenvalue weighted by Crippen LogP contribution is -2.46. The Hall–Kier alpha value is -2.21. The molecule has 0 spiro atoms.